The van der Waals surface area contributed by atoms with Crippen molar-refractivity contribution in [2.75, 3.05) is 7.05 Å². The van der Waals surface area contributed by atoms with E-state index < -0.39 is 0 Å². The highest BCUT2D eigenvalue weighted by molar-refractivity contribution is 9.10. The van der Waals surface area contributed by atoms with Crippen LogP contribution in [0.4, 0.5) is 0 Å². The molecule has 1 N–H and O–H groups in total. The van der Waals surface area contributed by atoms with E-state index in [4.69, 9.17) is 0 Å². The molecule has 2 nitrogen and oxygen atoms in total. The second-order valence-electron chi connectivity index (χ2n) is 3.84. The summed E-state index contributed by atoms with van der Waals surface area (Å²) in [6.07, 6.45) is 3.60. The largest absolute Gasteiger partial charge is 0.317 e. The predicted molar refractivity (Wildman–Crippen MR) is 73.6 cm³/mol. The molecule has 0 radical (unpaired) electrons. The van der Waals surface area contributed by atoms with Crippen molar-refractivity contribution in [2.45, 2.75) is 30.7 Å². The van der Waals surface area contributed by atoms with Crippen LogP contribution >= 0.6 is 28.6 Å². The maximum absolute atomic E-state index is 10.4. The van der Waals surface area contributed by atoms with Crippen molar-refractivity contribution in [1.29, 1.82) is 0 Å². The van der Waals surface area contributed by atoms with Crippen LogP contribution in [-0.4, -0.2) is 19.4 Å². The van der Waals surface area contributed by atoms with Gasteiger partial charge in [-0.05, 0) is 44.5 Å². The topological polar surface area (TPSA) is 29.1 Å². The van der Waals surface area contributed by atoms with Crippen LogP contribution in [0.2, 0.25) is 0 Å². The third-order valence-electron chi connectivity index (χ3n) is 2.42. The number of hydrogen-bond acceptors (Lipinski definition) is 3. The van der Waals surface area contributed by atoms with Gasteiger partial charge in [-0.15, -0.1) is 12.6 Å². The number of rotatable bonds is 2. The van der Waals surface area contributed by atoms with Crippen molar-refractivity contribution in [3.63, 3.8) is 0 Å². The van der Waals surface area contributed by atoms with Gasteiger partial charge in [0.15, 0.2) is 6.29 Å². The summed E-state index contributed by atoms with van der Waals surface area (Å²) in [7, 11) is 2.01. The highest BCUT2D eigenvalue weighted by Gasteiger charge is 2.17. The molecule has 0 spiro atoms. The molecule has 1 aromatic carbocycles. The van der Waals surface area contributed by atoms with E-state index in [-0.39, 0.29) is 0 Å². The molecule has 1 saturated carbocycles. The van der Waals surface area contributed by atoms with E-state index in [1.54, 1.807) is 6.07 Å². The zero-order chi connectivity index (χ0) is 12.1. The molecule has 0 aliphatic heterocycles. The summed E-state index contributed by atoms with van der Waals surface area (Å²) < 4.78 is 0.942. The number of aldehydes is 1. The minimum absolute atomic E-state index is 0.616. The summed E-state index contributed by atoms with van der Waals surface area (Å²) in [6, 6.07) is 4.51. The predicted octanol–water partition coefficient (Wildman–Crippen LogP) is 3.23. The molecule has 88 valence electrons. The second kappa shape index (κ2) is 6.42. The van der Waals surface area contributed by atoms with Gasteiger partial charge in [0.1, 0.15) is 0 Å². The summed E-state index contributed by atoms with van der Waals surface area (Å²) >= 11 is 7.47. The van der Waals surface area contributed by atoms with Crippen LogP contribution in [0, 0.1) is 6.92 Å². The summed E-state index contributed by atoms with van der Waals surface area (Å²) in [5.41, 5.74) is 1.70. The molecule has 2 rings (SSSR count). The minimum Gasteiger partial charge on any atom is -0.317 e. The van der Waals surface area contributed by atoms with Crippen LogP contribution in [0.3, 0.4) is 0 Å². The first kappa shape index (κ1) is 13.7. The lowest BCUT2D eigenvalue weighted by atomic mass is 10.2. The molecular formula is C12H16BrNOS. The Kier molecular flexibility index (Phi) is 5.52. The number of thiol groups is 1. The van der Waals surface area contributed by atoms with Gasteiger partial charge in [-0.1, -0.05) is 15.9 Å². The smallest absolute Gasteiger partial charge is 0.151 e. The molecule has 1 fully saturated rings. The van der Waals surface area contributed by atoms with Crippen molar-refractivity contribution in [2.24, 2.45) is 0 Å². The van der Waals surface area contributed by atoms with Gasteiger partial charge < -0.3 is 5.32 Å². The van der Waals surface area contributed by atoms with E-state index in [9.17, 15) is 4.79 Å². The van der Waals surface area contributed by atoms with Crippen LogP contribution in [0.15, 0.2) is 21.5 Å². The third kappa shape index (κ3) is 4.28. The average Bonchev–Trinajstić information content (AvgIpc) is 3.07. The summed E-state index contributed by atoms with van der Waals surface area (Å²) in [5.74, 6) is 0. The number of carbonyl (C=O) groups is 1. The highest BCUT2D eigenvalue weighted by atomic mass is 79.9. The van der Waals surface area contributed by atoms with Crippen molar-refractivity contribution in [3.8, 4) is 0 Å². The number of aryl methyl sites for hydroxylation is 1. The van der Waals surface area contributed by atoms with E-state index in [1.807, 2.05) is 20.0 Å². The van der Waals surface area contributed by atoms with Crippen molar-refractivity contribution >= 4 is 34.8 Å². The maximum atomic E-state index is 10.4. The second-order valence-corrected chi connectivity index (χ2v) is 5.18. The van der Waals surface area contributed by atoms with Crippen LogP contribution in [-0.2, 0) is 0 Å². The zero-order valence-corrected chi connectivity index (χ0v) is 11.9. The number of benzene rings is 1. The monoisotopic (exact) mass is 301 g/mol. The van der Waals surface area contributed by atoms with E-state index in [0.29, 0.717) is 5.56 Å². The first-order chi connectivity index (χ1) is 7.58. The first-order valence-corrected chi connectivity index (χ1v) is 6.44. The Morgan fingerprint density at radius 1 is 1.50 bits per heavy atom. The van der Waals surface area contributed by atoms with Gasteiger partial charge in [0.05, 0.1) is 0 Å². The Balaban J connectivity index is 0.000000212. The zero-order valence-electron chi connectivity index (χ0n) is 9.46. The van der Waals surface area contributed by atoms with Gasteiger partial charge in [0.25, 0.3) is 0 Å². The Morgan fingerprint density at radius 2 is 2.12 bits per heavy atom. The van der Waals surface area contributed by atoms with Crippen LogP contribution in [0.1, 0.15) is 28.8 Å². The first-order valence-electron chi connectivity index (χ1n) is 5.20. The maximum Gasteiger partial charge on any atom is 0.151 e. The standard InChI is InChI=1S/C8H7BrOS.C4H9N/c1-5-2-8(11)6(4-10)3-7(5)9;1-5-4-2-3-4/h2-4,11H,1H3;4-5H,2-3H2,1H3. The Labute approximate surface area is 110 Å². The van der Waals surface area contributed by atoms with Gasteiger partial charge in [-0.2, -0.15) is 0 Å². The molecular weight excluding hydrogens is 286 g/mol. The molecule has 0 atom stereocenters. The Morgan fingerprint density at radius 3 is 2.50 bits per heavy atom. The van der Waals surface area contributed by atoms with Gasteiger partial charge in [-0.3, -0.25) is 4.79 Å². The third-order valence-corrected chi connectivity index (χ3v) is 3.66. The molecule has 0 amide bonds. The molecule has 0 aromatic heterocycles. The lowest BCUT2D eigenvalue weighted by Gasteiger charge is -2.01. The Bertz CT molecular complexity index is 378. The lowest BCUT2D eigenvalue weighted by molar-refractivity contribution is 0.112. The van der Waals surface area contributed by atoms with E-state index in [2.05, 4.69) is 33.9 Å². The Hall–Kier alpha value is -0.320. The van der Waals surface area contributed by atoms with Crippen molar-refractivity contribution < 1.29 is 4.79 Å². The van der Waals surface area contributed by atoms with E-state index >= 15 is 0 Å². The lowest BCUT2D eigenvalue weighted by Crippen LogP contribution is -2.06. The van der Waals surface area contributed by atoms with Crippen molar-refractivity contribution in [3.05, 3.63) is 27.7 Å². The number of halogens is 1. The summed E-state index contributed by atoms with van der Waals surface area (Å²) in [5, 5.41) is 3.14. The average molecular weight is 302 g/mol. The van der Waals surface area contributed by atoms with Gasteiger partial charge in [0.2, 0.25) is 0 Å². The molecule has 16 heavy (non-hydrogen) atoms. The van der Waals surface area contributed by atoms with Gasteiger partial charge in [0, 0.05) is 21.0 Å². The van der Waals surface area contributed by atoms with Crippen LogP contribution in [0.25, 0.3) is 0 Å². The fourth-order valence-electron chi connectivity index (χ4n) is 1.15. The SMILES string of the molecule is CNC1CC1.Cc1cc(S)c(C=O)cc1Br. The molecule has 0 bridgehead atoms. The quantitative estimate of drug-likeness (QED) is 0.649. The molecule has 1 aromatic rings. The van der Waals surface area contributed by atoms with Gasteiger partial charge >= 0.3 is 0 Å². The van der Waals surface area contributed by atoms with Crippen LogP contribution in [0.5, 0.6) is 0 Å². The number of hydrogen-bond donors (Lipinski definition) is 2. The van der Waals surface area contributed by atoms with E-state index in [1.165, 1.54) is 12.8 Å². The molecule has 1 aliphatic rings. The fraction of sp³-hybridized carbons (Fsp3) is 0.417. The minimum atomic E-state index is 0.616. The molecule has 0 heterocycles. The number of carbonyl (C=O) groups excluding carboxylic acids is 1. The fourth-order valence-corrected chi connectivity index (χ4v) is 1.82. The van der Waals surface area contributed by atoms with Gasteiger partial charge in [-0.25, -0.2) is 0 Å². The molecule has 0 unspecified atom stereocenters. The normalized spacial score (nSPS) is 14.0. The highest BCUT2D eigenvalue weighted by Crippen LogP contribution is 2.22. The molecule has 4 heteroatoms. The molecule has 0 saturated heterocycles. The van der Waals surface area contributed by atoms with E-state index in [0.717, 1.165) is 27.3 Å². The molecule has 1 aliphatic carbocycles. The summed E-state index contributed by atoms with van der Waals surface area (Å²) in [4.78, 5) is 11.1. The van der Waals surface area contributed by atoms with Crippen molar-refractivity contribution in [1.82, 2.24) is 5.32 Å². The number of nitrogens with one attached hydrogen (secondary N) is 1. The summed E-state index contributed by atoms with van der Waals surface area (Å²) in [6.45, 7) is 1.96. The van der Waals surface area contributed by atoms with Crippen LogP contribution < -0.4 is 5.32 Å².